The number of nitrogens with one attached hydrogen (secondary N) is 2. The summed E-state index contributed by atoms with van der Waals surface area (Å²) >= 11 is 1.22. The molecule has 3 aromatic carbocycles. The van der Waals surface area contributed by atoms with Gasteiger partial charge in [-0.15, -0.1) is 0 Å². The Balaban J connectivity index is 1.31. The lowest BCUT2D eigenvalue weighted by molar-refractivity contribution is -0.143. The molecule has 0 atom stereocenters. The standard InChI is InChI=1S/C30H21F3N6O3S/c1-34-25-24(19-7-6-10-22(15-19)42-2)37-29(38-28(25)41)43-17-18-11-13-20(14-12-18)36-27(40)23-16-35-39(26(23)30(31,32)33)21-8-4-3-5-9-21/h3-16H,17H2,2H3,(H,36,40)(H,37,38,41). The van der Waals surface area contributed by atoms with Gasteiger partial charge < -0.3 is 15.0 Å². The first kappa shape index (κ1) is 29.2. The maximum atomic E-state index is 13.9. The Hall–Kier alpha value is -5.35. The highest BCUT2D eigenvalue weighted by Gasteiger charge is 2.40. The van der Waals surface area contributed by atoms with Crippen molar-refractivity contribution in [2.75, 3.05) is 12.4 Å². The number of anilines is 1. The van der Waals surface area contributed by atoms with Crippen molar-refractivity contribution >= 4 is 29.0 Å². The normalized spacial score (nSPS) is 11.1. The smallest absolute Gasteiger partial charge is 0.434 e. The first-order valence-electron chi connectivity index (χ1n) is 12.6. The number of H-pyrrole nitrogens is 1. The highest BCUT2D eigenvalue weighted by atomic mass is 32.2. The Morgan fingerprint density at radius 3 is 2.51 bits per heavy atom. The number of aromatic nitrogens is 4. The molecule has 0 saturated heterocycles. The number of methoxy groups -OCH3 is 1. The summed E-state index contributed by atoms with van der Waals surface area (Å²) in [4.78, 5) is 35.9. The van der Waals surface area contributed by atoms with Crippen molar-refractivity contribution < 1.29 is 22.7 Å². The minimum atomic E-state index is -4.82. The molecule has 2 heterocycles. The average Bonchev–Trinajstić information content (AvgIpc) is 3.48. The van der Waals surface area contributed by atoms with Crippen LogP contribution in [-0.4, -0.2) is 32.8 Å². The van der Waals surface area contributed by atoms with Gasteiger partial charge >= 0.3 is 6.18 Å². The summed E-state index contributed by atoms with van der Waals surface area (Å²) in [5.74, 6) is -0.0336. The maximum absolute atomic E-state index is 13.9. The van der Waals surface area contributed by atoms with E-state index >= 15 is 0 Å². The summed E-state index contributed by atoms with van der Waals surface area (Å²) in [5.41, 5.74) is -0.468. The minimum absolute atomic E-state index is 0.138. The number of thioether (sulfide) groups is 1. The van der Waals surface area contributed by atoms with Gasteiger partial charge in [-0.25, -0.2) is 14.5 Å². The second-order valence-corrected chi connectivity index (χ2v) is 9.97. The minimum Gasteiger partial charge on any atom is -0.497 e. The fourth-order valence-corrected chi connectivity index (χ4v) is 4.99. The molecule has 0 fully saturated rings. The number of rotatable bonds is 8. The molecule has 1 amide bonds. The topological polar surface area (TPSA) is 106 Å². The number of para-hydroxylation sites is 1. The number of amides is 1. The Kier molecular flexibility index (Phi) is 8.31. The molecule has 43 heavy (non-hydrogen) atoms. The molecule has 216 valence electrons. The van der Waals surface area contributed by atoms with Crippen molar-refractivity contribution in [1.82, 2.24) is 19.7 Å². The third-order valence-electron chi connectivity index (χ3n) is 6.20. The van der Waals surface area contributed by atoms with Crippen LogP contribution in [0.2, 0.25) is 0 Å². The molecule has 2 aromatic heterocycles. The van der Waals surface area contributed by atoms with E-state index in [2.05, 4.69) is 25.2 Å². The number of benzene rings is 3. The molecule has 0 aliphatic rings. The zero-order valence-electron chi connectivity index (χ0n) is 22.3. The second-order valence-electron chi connectivity index (χ2n) is 9.00. The summed E-state index contributed by atoms with van der Waals surface area (Å²) in [6.07, 6.45) is -3.93. The van der Waals surface area contributed by atoms with E-state index in [4.69, 9.17) is 11.3 Å². The van der Waals surface area contributed by atoms with Gasteiger partial charge in [0.25, 0.3) is 17.2 Å². The first-order chi connectivity index (χ1) is 20.7. The molecule has 2 N–H and O–H groups in total. The van der Waals surface area contributed by atoms with Crippen molar-refractivity contribution in [3.63, 3.8) is 0 Å². The zero-order valence-corrected chi connectivity index (χ0v) is 23.2. The van der Waals surface area contributed by atoms with Crippen LogP contribution in [0.1, 0.15) is 21.6 Å². The molecule has 0 aliphatic heterocycles. The summed E-state index contributed by atoms with van der Waals surface area (Å²) in [5, 5.41) is 6.60. The van der Waals surface area contributed by atoms with Crippen LogP contribution >= 0.6 is 11.8 Å². The number of hydrogen-bond donors (Lipinski definition) is 2. The highest BCUT2D eigenvalue weighted by Crippen LogP contribution is 2.34. The monoisotopic (exact) mass is 602 g/mol. The van der Waals surface area contributed by atoms with Gasteiger partial charge in [0.2, 0.25) is 0 Å². The molecular formula is C30H21F3N6O3S. The number of carbonyl (C=O) groups is 1. The Labute approximate surface area is 247 Å². The number of alkyl halides is 3. The van der Waals surface area contributed by atoms with Gasteiger partial charge in [0.1, 0.15) is 5.75 Å². The van der Waals surface area contributed by atoms with Crippen molar-refractivity contribution in [2.24, 2.45) is 0 Å². The van der Waals surface area contributed by atoms with Crippen molar-refractivity contribution in [2.45, 2.75) is 17.1 Å². The molecule has 0 bridgehead atoms. The molecule has 0 radical (unpaired) electrons. The van der Waals surface area contributed by atoms with Crippen LogP contribution in [0, 0.1) is 6.57 Å². The van der Waals surface area contributed by atoms with Crippen LogP contribution in [0.25, 0.3) is 21.8 Å². The summed E-state index contributed by atoms with van der Waals surface area (Å²) in [6, 6.07) is 21.1. The van der Waals surface area contributed by atoms with Crippen molar-refractivity contribution in [1.29, 1.82) is 0 Å². The lowest BCUT2D eigenvalue weighted by Crippen LogP contribution is -2.20. The van der Waals surface area contributed by atoms with E-state index in [1.807, 2.05) is 0 Å². The van der Waals surface area contributed by atoms with Gasteiger partial charge in [-0.2, -0.15) is 18.3 Å². The first-order valence-corrected chi connectivity index (χ1v) is 13.6. The van der Waals surface area contributed by atoms with Gasteiger partial charge in [-0.3, -0.25) is 9.59 Å². The fraction of sp³-hybridized carbons (Fsp3) is 0.100. The summed E-state index contributed by atoms with van der Waals surface area (Å²) in [6.45, 7) is 7.42. The highest BCUT2D eigenvalue weighted by molar-refractivity contribution is 7.98. The predicted molar refractivity (Wildman–Crippen MR) is 156 cm³/mol. The number of nitrogens with zero attached hydrogens (tertiary/aromatic N) is 4. The molecule has 0 spiro atoms. The Bertz CT molecular complexity index is 1880. The van der Waals surface area contributed by atoms with Crippen LogP contribution in [0.3, 0.4) is 0 Å². The average molecular weight is 603 g/mol. The Morgan fingerprint density at radius 1 is 1.09 bits per heavy atom. The van der Waals surface area contributed by atoms with Gasteiger partial charge in [0, 0.05) is 11.4 Å². The van der Waals surface area contributed by atoms with E-state index in [1.54, 1.807) is 66.7 Å². The molecule has 5 aromatic rings. The van der Waals surface area contributed by atoms with E-state index in [0.29, 0.717) is 26.9 Å². The number of aromatic amines is 1. The Morgan fingerprint density at radius 2 is 1.84 bits per heavy atom. The number of ether oxygens (including phenoxy) is 1. The third-order valence-corrected chi connectivity index (χ3v) is 7.14. The molecular weight excluding hydrogens is 581 g/mol. The van der Waals surface area contributed by atoms with Crippen LogP contribution in [0.15, 0.2) is 95.0 Å². The van der Waals surface area contributed by atoms with E-state index < -0.39 is 28.9 Å². The van der Waals surface area contributed by atoms with Crippen LogP contribution < -0.4 is 15.6 Å². The summed E-state index contributed by atoms with van der Waals surface area (Å²) < 4.78 is 47.7. The molecule has 5 rings (SSSR count). The van der Waals surface area contributed by atoms with Crippen molar-refractivity contribution in [3.05, 3.63) is 124 Å². The van der Waals surface area contributed by atoms with Crippen molar-refractivity contribution in [3.8, 4) is 22.7 Å². The van der Waals surface area contributed by atoms with Crippen LogP contribution in [0.4, 0.5) is 24.5 Å². The quantitative estimate of drug-likeness (QED) is 0.116. The number of hydrogen-bond acceptors (Lipinski definition) is 6. The fourth-order valence-electron chi connectivity index (χ4n) is 4.18. The van der Waals surface area contributed by atoms with Gasteiger partial charge in [0.05, 0.1) is 36.8 Å². The van der Waals surface area contributed by atoms with Crippen LogP contribution in [0.5, 0.6) is 5.75 Å². The van der Waals surface area contributed by atoms with Gasteiger partial charge in [0.15, 0.2) is 10.9 Å². The molecule has 0 unspecified atom stereocenters. The van der Waals surface area contributed by atoms with E-state index in [1.165, 1.54) is 31.0 Å². The van der Waals surface area contributed by atoms with Crippen LogP contribution in [-0.2, 0) is 11.9 Å². The van der Waals surface area contributed by atoms with E-state index in [0.717, 1.165) is 11.8 Å². The third kappa shape index (κ3) is 6.44. The predicted octanol–water partition coefficient (Wildman–Crippen LogP) is 6.75. The molecule has 0 saturated carbocycles. The summed E-state index contributed by atoms with van der Waals surface area (Å²) in [7, 11) is 1.51. The molecule has 9 nitrogen and oxygen atoms in total. The number of carbonyl (C=O) groups excluding carboxylic acids is 1. The molecule has 13 heteroatoms. The SMILES string of the molecule is [C-]#[N+]c1c(-c2cccc(OC)c2)nc(SCc2ccc(NC(=O)c3cnn(-c4ccccc4)c3C(F)(F)F)cc2)[nH]c1=O. The van der Waals surface area contributed by atoms with E-state index in [-0.39, 0.29) is 22.8 Å². The lowest BCUT2D eigenvalue weighted by Gasteiger charge is -2.13. The number of halogens is 3. The second kappa shape index (κ2) is 12.3. The molecule has 0 aliphatic carbocycles. The van der Waals surface area contributed by atoms with Gasteiger partial charge in [-0.1, -0.05) is 54.2 Å². The van der Waals surface area contributed by atoms with Gasteiger partial charge in [-0.05, 0) is 47.5 Å². The largest absolute Gasteiger partial charge is 0.497 e. The lowest BCUT2D eigenvalue weighted by atomic mass is 10.1. The zero-order chi connectivity index (χ0) is 30.6. The van der Waals surface area contributed by atoms with E-state index in [9.17, 15) is 22.8 Å². The maximum Gasteiger partial charge on any atom is 0.434 e.